The third-order valence-corrected chi connectivity index (χ3v) is 5.43. The van der Waals surface area contributed by atoms with Crippen molar-refractivity contribution in [2.45, 2.75) is 13.3 Å². The number of nitrogens with zero attached hydrogens (tertiary/aromatic N) is 1. The molecule has 0 spiro atoms. The molecule has 0 aromatic heterocycles. The second-order valence-electron chi connectivity index (χ2n) is 6.48. The summed E-state index contributed by atoms with van der Waals surface area (Å²) in [6.45, 7) is 1.70. The summed E-state index contributed by atoms with van der Waals surface area (Å²) in [7, 11) is 3.05. The highest BCUT2D eigenvalue weighted by molar-refractivity contribution is 8.18. The Kier molecular flexibility index (Phi) is 6.79. The van der Waals surface area contributed by atoms with E-state index >= 15 is 0 Å². The van der Waals surface area contributed by atoms with Crippen LogP contribution in [0, 0.1) is 0 Å². The van der Waals surface area contributed by atoms with Crippen LogP contribution in [0.5, 0.6) is 11.5 Å². The van der Waals surface area contributed by atoms with Gasteiger partial charge >= 0.3 is 0 Å². The Morgan fingerprint density at radius 1 is 1.07 bits per heavy atom. The molecule has 1 saturated heterocycles. The molecule has 8 heteroatoms. The smallest absolute Gasteiger partial charge is 0.294 e. The van der Waals surface area contributed by atoms with E-state index < -0.39 is 17.1 Å². The Morgan fingerprint density at radius 3 is 2.40 bits per heavy atom. The van der Waals surface area contributed by atoms with E-state index in [9.17, 15) is 14.4 Å². The minimum Gasteiger partial charge on any atom is -0.493 e. The molecule has 156 valence electrons. The summed E-state index contributed by atoms with van der Waals surface area (Å²) in [6.07, 6.45) is 2.49. The van der Waals surface area contributed by atoms with Crippen molar-refractivity contribution in [3.63, 3.8) is 0 Å². The first-order valence-corrected chi connectivity index (χ1v) is 10.1. The third-order valence-electron chi connectivity index (χ3n) is 4.53. The number of carbonyl (C=O) groups excluding carboxylic acids is 3. The lowest BCUT2D eigenvalue weighted by Crippen LogP contribution is -2.36. The number of anilines is 1. The van der Waals surface area contributed by atoms with Gasteiger partial charge in [0.05, 0.1) is 19.1 Å². The highest BCUT2D eigenvalue weighted by Gasteiger charge is 2.36. The highest BCUT2D eigenvalue weighted by atomic mass is 32.2. The van der Waals surface area contributed by atoms with E-state index in [1.165, 1.54) is 14.2 Å². The number of amides is 3. The monoisotopic (exact) mass is 426 g/mol. The molecule has 1 aliphatic rings. The van der Waals surface area contributed by atoms with Crippen LogP contribution in [0.1, 0.15) is 18.1 Å². The lowest BCUT2D eigenvalue weighted by molar-refractivity contribution is -0.127. The number of imide groups is 1. The number of carbonyl (C=O) groups is 3. The van der Waals surface area contributed by atoms with Gasteiger partial charge in [-0.2, -0.15) is 0 Å². The molecule has 0 atom stereocenters. The van der Waals surface area contributed by atoms with E-state index in [1.807, 2.05) is 19.1 Å². The Bertz CT molecular complexity index is 1000. The van der Waals surface area contributed by atoms with Crippen molar-refractivity contribution in [2.24, 2.45) is 0 Å². The van der Waals surface area contributed by atoms with Crippen molar-refractivity contribution in [1.82, 2.24) is 4.90 Å². The molecule has 0 aliphatic carbocycles. The number of thioether (sulfide) groups is 1. The maximum Gasteiger partial charge on any atom is 0.294 e. The molecule has 1 heterocycles. The molecule has 1 fully saturated rings. The van der Waals surface area contributed by atoms with E-state index in [0.29, 0.717) is 22.7 Å². The summed E-state index contributed by atoms with van der Waals surface area (Å²) >= 11 is 0.800. The zero-order valence-corrected chi connectivity index (χ0v) is 17.7. The fourth-order valence-electron chi connectivity index (χ4n) is 2.90. The number of benzene rings is 2. The van der Waals surface area contributed by atoms with Gasteiger partial charge in [-0.05, 0) is 59.7 Å². The number of ether oxygens (including phenoxy) is 2. The second kappa shape index (κ2) is 9.49. The van der Waals surface area contributed by atoms with Crippen molar-refractivity contribution in [2.75, 3.05) is 26.1 Å². The highest BCUT2D eigenvalue weighted by Crippen LogP contribution is 2.34. The average molecular weight is 426 g/mol. The molecule has 0 radical (unpaired) electrons. The summed E-state index contributed by atoms with van der Waals surface area (Å²) in [5, 5.41) is 2.23. The molecule has 2 aromatic carbocycles. The number of hydrogen-bond acceptors (Lipinski definition) is 6. The van der Waals surface area contributed by atoms with Crippen LogP contribution in [0.2, 0.25) is 0 Å². The predicted octanol–water partition coefficient (Wildman–Crippen LogP) is 3.94. The van der Waals surface area contributed by atoms with Gasteiger partial charge in [-0.1, -0.05) is 25.1 Å². The van der Waals surface area contributed by atoms with Gasteiger partial charge in [0.25, 0.3) is 11.1 Å². The molecule has 0 saturated carbocycles. The van der Waals surface area contributed by atoms with E-state index in [4.69, 9.17) is 9.47 Å². The van der Waals surface area contributed by atoms with Crippen LogP contribution < -0.4 is 14.8 Å². The van der Waals surface area contributed by atoms with Gasteiger partial charge in [-0.25, -0.2) is 0 Å². The lowest BCUT2D eigenvalue weighted by Gasteiger charge is -2.12. The molecule has 2 aromatic rings. The normalized spacial score (nSPS) is 14.9. The van der Waals surface area contributed by atoms with E-state index in [0.717, 1.165) is 28.6 Å². The molecule has 1 aliphatic heterocycles. The molecule has 0 unspecified atom stereocenters. The number of methoxy groups -OCH3 is 2. The summed E-state index contributed by atoms with van der Waals surface area (Å²) < 4.78 is 10.5. The largest absolute Gasteiger partial charge is 0.493 e. The second-order valence-corrected chi connectivity index (χ2v) is 7.47. The molecule has 3 rings (SSSR count). The first-order valence-electron chi connectivity index (χ1n) is 9.31. The number of nitrogens with one attached hydrogen (secondary N) is 1. The summed E-state index contributed by atoms with van der Waals surface area (Å²) in [4.78, 5) is 38.4. The third kappa shape index (κ3) is 4.83. The molecule has 3 amide bonds. The van der Waals surface area contributed by atoms with Gasteiger partial charge in [-0.3, -0.25) is 19.3 Å². The number of rotatable bonds is 7. The molecular formula is C22H22N2O5S. The van der Waals surface area contributed by atoms with Crippen LogP contribution in [-0.4, -0.2) is 42.7 Å². The van der Waals surface area contributed by atoms with Crippen molar-refractivity contribution < 1.29 is 23.9 Å². The fraction of sp³-hybridized carbons (Fsp3) is 0.227. The van der Waals surface area contributed by atoms with Gasteiger partial charge in [-0.15, -0.1) is 0 Å². The quantitative estimate of drug-likeness (QED) is 0.675. The lowest BCUT2D eigenvalue weighted by atomic mass is 10.1. The molecule has 30 heavy (non-hydrogen) atoms. The Labute approximate surface area is 179 Å². The van der Waals surface area contributed by atoms with Crippen LogP contribution >= 0.6 is 11.8 Å². The fourth-order valence-corrected chi connectivity index (χ4v) is 3.74. The Balaban J connectivity index is 1.69. The summed E-state index contributed by atoms with van der Waals surface area (Å²) in [5.41, 5.74) is 2.45. The van der Waals surface area contributed by atoms with Gasteiger partial charge < -0.3 is 14.8 Å². The van der Waals surface area contributed by atoms with Crippen LogP contribution in [0.3, 0.4) is 0 Å². The average Bonchev–Trinajstić information content (AvgIpc) is 3.01. The van der Waals surface area contributed by atoms with Crippen molar-refractivity contribution in [3.05, 3.63) is 58.5 Å². The van der Waals surface area contributed by atoms with Crippen LogP contribution in [0.4, 0.5) is 10.5 Å². The van der Waals surface area contributed by atoms with E-state index in [2.05, 4.69) is 5.32 Å². The summed E-state index contributed by atoms with van der Waals surface area (Å²) in [6, 6.07) is 12.6. The SMILES string of the molecule is CCc1ccc(NC(=O)CN2C(=O)S/C(=C/c3ccc(OC)c(OC)c3)C2=O)cc1. The first-order chi connectivity index (χ1) is 14.4. The Hall–Kier alpha value is -3.26. The Morgan fingerprint density at radius 2 is 1.77 bits per heavy atom. The van der Waals surface area contributed by atoms with Crippen molar-refractivity contribution in [1.29, 1.82) is 0 Å². The van der Waals surface area contributed by atoms with Crippen LogP contribution in [-0.2, 0) is 16.0 Å². The van der Waals surface area contributed by atoms with Gasteiger partial charge in [0.1, 0.15) is 6.54 Å². The molecule has 0 bridgehead atoms. The van der Waals surface area contributed by atoms with Gasteiger partial charge in [0, 0.05) is 5.69 Å². The molecule has 7 nitrogen and oxygen atoms in total. The first kappa shape index (κ1) is 21.4. The number of hydrogen-bond donors (Lipinski definition) is 1. The summed E-state index contributed by atoms with van der Waals surface area (Å²) in [5.74, 6) is 0.135. The zero-order chi connectivity index (χ0) is 21.7. The maximum atomic E-state index is 12.6. The van der Waals surface area contributed by atoms with Crippen LogP contribution in [0.15, 0.2) is 47.4 Å². The topological polar surface area (TPSA) is 84.9 Å². The van der Waals surface area contributed by atoms with Crippen molar-refractivity contribution >= 4 is 40.6 Å². The standard InChI is InChI=1S/C22H22N2O5S/c1-4-14-5-8-16(9-6-14)23-20(25)13-24-21(26)19(30-22(24)27)12-15-7-10-17(28-2)18(11-15)29-3/h5-12H,4,13H2,1-3H3,(H,23,25)/b19-12+. The predicted molar refractivity (Wildman–Crippen MR) is 117 cm³/mol. The maximum absolute atomic E-state index is 12.6. The number of aryl methyl sites for hydroxylation is 1. The van der Waals surface area contributed by atoms with E-state index in [1.54, 1.807) is 36.4 Å². The van der Waals surface area contributed by atoms with Gasteiger partial charge in [0.2, 0.25) is 5.91 Å². The molecule has 1 N–H and O–H groups in total. The van der Waals surface area contributed by atoms with E-state index in [-0.39, 0.29) is 11.4 Å². The minimum absolute atomic E-state index is 0.243. The zero-order valence-electron chi connectivity index (χ0n) is 16.9. The minimum atomic E-state index is -0.503. The van der Waals surface area contributed by atoms with Crippen molar-refractivity contribution in [3.8, 4) is 11.5 Å². The van der Waals surface area contributed by atoms with Crippen LogP contribution in [0.25, 0.3) is 6.08 Å². The molecular weight excluding hydrogens is 404 g/mol. The van der Waals surface area contributed by atoms with Gasteiger partial charge in [0.15, 0.2) is 11.5 Å².